The predicted octanol–water partition coefficient (Wildman–Crippen LogP) is 3.61. The van der Waals surface area contributed by atoms with E-state index in [0.717, 1.165) is 22.4 Å². The third-order valence-corrected chi connectivity index (χ3v) is 4.96. The summed E-state index contributed by atoms with van der Waals surface area (Å²) in [5, 5.41) is 5.77. The molecule has 1 saturated carbocycles. The lowest BCUT2D eigenvalue weighted by atomic mass is 10.0. The first-order valence-electron chi connectivity index (χ1n) is 9.18. The van der Waals surface area contributed by atoms with E-state index in [1.165, 1.54) is 7.11 Å². The minimum atomic E-state index is -0.432. The fourth-order valence-electron chi connectivity index (χ4n) is 3.41. The van der Waals surface area contributed by atoms with Gasteiger partial charge in [-0.15, -0.1) is 0 Å². The fourth-order valence-corrected chi connectivity index (χ4v) is 3.41. The van der Waals surface area contributed by atoms with Gasteiger partial charge in [-0.1, -0.05) is 17.7 Å². The smallest absolute Gasteiger partial charge is 0.337 e. The minimum absolute atomic E-state index is 0.128. The Bertz CT molecular complexity index is 911. The van der Waals surface area contributed by atoms with Crippen molar-refractivity contribution in [2.45, 2.75) is 27.2 Å². The molecule has 0 saturated heterocycles. The molecule has 2 aromatic carbocycles. The molecule has 0 radical (unpaired) electrons. The lowest BCUT2D eigenvalue weighted by molar-refractivity contribution is -0.122. The van der Waals surface area contributed by atoms with Gasteiger partial charge in [0.15, 0.2) is 0 Å². The molecule has 0 heterocycles. The number of methoxy groups -OCH3 is 1. The molecule has 2 amide bonds. The topological polar surface area (TPSA) is 84.5 Å². The molecule has 0 aliphatic heterocycles. The number of amides is 2. The van der Waals surface area contributed by atoms with Crippen LogP contribution in [-0.2, 0) is 14.3 Å². The molecular formula is C22H24N2O4. The second-order valence-corrected chi connectivity index (χ2v) is 7.27. The van der Waals surface area contributed by atoms with Crippen molar-refractivity contribution in [2.75, 3.05) is 17.7 Å². The maximum Gasteiger partial charge on any atom is 0.337 e. The summed E-state index contributed by atoms with van der Waals surface area (Å²) in [5.74, 6) is -1.42. The number of carbonyl (C=O) groups is 3. The van der Waals surface area contributed by atoms with Crippen LogP contribution < -0.4 is 10.6 Å². The van der Waals surface area contributed by atoms with Crippen LogP contribution in [0.1, 0.15) is 33.5 Å². The Labute approximate surface area is 164 Å². The van der Waals surface area contributed by atoms with E-state index in [2.05, 4.69) is 15.4 Å². The van der Waals surface area contributed by atoms with E-state index in [1.54, 1.807) is 24.3 Å². The summed E-state index contributed by atoms with van der Waals surface area (Å²) in [5.41, 5.74) is 4.98. The number of hydrogen-bond donors (Lipinski definition) is 2. The Hall–Kier alpha value is -3.15. The van der Waals surface area contributed by atoms with E-state index in [9.17, 15) is 14.4 Å². The molecular weight excluding hydrogens is 356 g/mol. The molecule has 6 heteroatoms. The van der Waals surface area contributed by atoms with E-state index in [1.807, 2.05) is 32.9 Å². The Morgan fingerprint density at radius 3 is 1.96 bits per heavy atom. The zero-order valence-electron chi connectivity index (χ0n) is 16.5. The van der Waals surface area contributed by atoms with E-state index >= 15 is 0 Å². The molecule has 2 unspecified atom stereocenters. The zero-order valence-corrected chi connectivity index (χ0v) is 16.5. The number of esters is 1. The average molecular weight is 380 g/mol. The monoisotopic (exact) mass is 380 g/mol. The molecule has 28 heavy (non-hydrogen) atoms. The third-order valence-electron chi connectivity index (χ3n) is 4.96. The van der Waals surface area contributed by atoms with Gasteiger partial charge in [-0.05, 0) is 62.6 Å². The molecule has 1 aliphatic carbocycles. The molecule has 2 aromatic rings. The first kappa shape index (κ1) is 19.6. The second-order valence-electron chi connectivity index (χ2n) is 7.27. The van der Waals surface area contributed by atoms with Crippen LogP contribution in [0.5, 0.6) is 0 Å². The molecule has 0 aromatic heterocycles. The van der Waals surface area contributed by atoms with Crippen LogP contribution in [0.15, 0.2) is 36.4 Å². The summed E-state index contributed by atoms with van der Waals surface area (Å²) in [7, 11) is 1.32. The van der Waals surface area contributed by atoms with Crippen molar-refractivity contribution in [3.8, 4) is 0 Å². The van der Waals surface area contributed by atoms with Gasteiger partial charge in [-0.2, -0.15) is 0 Å². The van der Waals surface area contributed by atoms with Crippen molar-refractivity contribution in [2.24, 2.45) is 11.8 Å². The summed E-state index contributed by atoms with van der Waals surface area (Å²) in [4.78, 5) is 36.4. The fraction of sp³-hybridized carbons (Fsp3) is 0.318. The van der Waals surface area contributed by atoms with Crippen molar-refractivity contribution >= 4 is 29.2 Å². The average Bonchev–Trinajstić information content (AvgIpc) is 3.45. The van der Waals surface area contributed by atoms with Gasteiger partial charge in [-0.25, -0.2) is 4.79 Å². The number of rotatable bonds is 5. The molecule has 146 valence electrons. The first-order chi connectivity index (χ1) is 13.3. The Kier molecular flexibility index (Phi) is 5.49. The maximum atomic E-state index is 12.5. The molecule has 2 atom stereocenters. The molecule has 0 spiro atoms. The zero-order chi connectivity index (χ0) is 20.4. The molecule has 1 aliphatic rings. The number of anilines is 2. The number of carbonyl (C=O) groups excluding carboxylic acids is 3. The van der Waals surface area contributed by atoms with Gasteiger partial charge in [0, 0.05) is 11.4 Å². The Morgan fingerprint density at radius 1 is 0.893 bits per heavy atom. The van der Waals surface area contributed by atoms with Crippen LogP contribution >= 0.6 is 0 Å². The van der Waals surface area contributed by atoms with Gasteiger partial charge in [0.25, 0.3) is 0 Å². The van der Waals surface area contributed by atoms with Gasteiger partial charge in [-0.3, -0.25) is 9.59 Å². The number of aryl methyl sites for hydroxylation is 3. The molecule has 2 N–H and O–H groups in total. The van der Waals surface area contributed by atoms with Crippen molar-refractivity contribution in [3.63, 3.8) is 0 Å². The van der Waals surface area contributed by atoms with Crippen LogP contribution in [-0.4, -0.2) is 24.9 Å². The second kappa shape index (κ2) is 7.84. The number of hydrogen-bond acceptors (Lipinski definition) is 4. The highest BCUT2D eigenvalue weighted by Crippen LogP contribution is 2.40. The van der Waals surface area contributed by atoms with Crippen LogP contribution in [0.25, 0.3) is 0 Å². The van der Waals surface area contributed by atoms with Gasteiger partial charge < -0.3 is 15.4 Å². The minimum Gasteiger partial charge on any atom is -0.465 e. The quantitative estimate of drug-likeness (QED) is 0.776. The van der Waals surface area contributed by atoms with Crippen LogP contribution in [0, 0.1) is 32.6 Å². The van der Waals surface area contributed by atoms with E-state index in [-0.39, 0.29) is 23.7 Å². The van der Waals surface area contributed by atoms with Gasteiger partial charge >= 0.3 is 5.97 Å². The maximum absolute atomic E-state index is 12.5. The number of nitrogens with one attached hydrogen (secondary N) is 2. The standard InChI is InChI=1S/C22H24N2O4/c1-12-9-13(2)19(14(3)10-12)24-21(26)18-11-17(18)20(25)23-16-7-5-15(6-8-16)22(27)28-4/h5-10,17-18H,11H2,1-4H3,(H,23,25)(H,24,26). The van der Waals surface area contributed by atoms with Crippen LogP contribution in [0.4, 0.5) is 11.4 Å². The number of ether oxygens (including phenoxy) is 1. The van der Waals surface area contributed by atoms with Crippen molar-refractivity contribution in [3.05, 3.63) is 58.7 Å². The van der Waals surface area contributed by atoms with Gasteiger partial charge in [0.2, 0.25) is 11.8 Å². The largest absolute Gasteiger partial charge is 0.465 e. The summed E-state index contributed by atoms with van der Waals surface area (Å²) >= 11 is 0. The summed E-state index contributed by atoms with van der Waals surface area (Å²) < 4.78 is 4.65. The first-order valence-corrected chi connectivity index (χ1v) is 9.18. The van der Waals surface area contributed by atoms with Crippen molar-refractivity contribution < 1.29 is 19.1 Å². The summed E-state index contributed by atoms with van der Waals surface area (Å²) in [6.07, 6.45) is 0.530. The van der Waals surface area contributed by atoms with Crippen molar-refractivity contribution in [1.82, 2.24) is 0 Å². The highest BCUT2D eigenvalue weighted by Gasteiger charge is 2.48. The Morgan fingerprint density at radius 2 is 1.43 bits per heavy atom. The highest BCUT2D eigenvalue weighted by molar-refractivity contribution is 6.04. The van der Waals surface area contributed by atoms with Crippen molar-refractivity contribution in [1.29, 1.82) is 0 Å². The van der Waals surface area contributed by atoms with E-state index in [0.29, 0.717) is 17.7 Å². The normalized spacial score (nSPS) is 17.6. The molecule has 0 bridgehead atoms. The van der Waals surface area contributed by atoms with Crippen LogP contribution in [0.2, 0.25) is 0 Å². The molecule has 1 fully saturated rings. The lowest BCUT2D eigenvalue weighted by Crippen LogP contribution is -2.21. The Balaban J connectivity index is 1.58. The van der Waals surface area contributed by atoms with Gasteiger partial charge in [0.05, 0.1) is 24.5 Å². The predicted molar refractivity (Wildman–Crippen MR) is 107 cm³/mol. The van der Waals surface area contributed by atoms with E-state index < -0.39 is 5.97 Å². The third kappa shape index (κ3) is 4.22. The summed E-state index contributed by atoms with van der Waals surface area (Å²) in [6, 6.07) is 10.5. The van der Waals surface area contributed by atoms with E-state index in [4.69, 9.17) is 0 Å². The SMILES string of the molecule is COC(=O)c1ccc(NC(=O)C2CC2C(=O)Nc2c(C)cc(C)cc2C)cc1. The number of benzene rings is 2. The van der Waals surface area contributed by atoms with Gasteiger partial charge in [0.1, 0.15) is 0 Å². The molecule has 3 rings (SSSR count). The molecule has 6 nitrogen and oxygen atoms in total. The summed E-state index contributed by atoms with van der Waals surface area (Å²) in [6.45, 7) is 5.94. The van der Waals surface area contributed by atoms with Crippen LogP contribution in [0.3, 0.4) is 0 Å². The lowest BCUT2D eigenvalue weighted by Gasteiger charge is -2.13. The highest BCUT2D eigenvalue weighted by atomic mass is 16.5.